The number of hydrogen-bond acceptors (Lipinski definition) is 5. The van der Waals surface area contributed by atoms with Gasteiger partial charge >= 0.3 is 5.97 Å². The number of anilines is 1. The molecule has 0 radical (unpaired) electrons. The van der Waals surface area contributed by atoms with E-state index in [9.17, 15) is 9.59 Å². The van der Waals surface area contributed by atoms with Crippen LogP contribution in [0.1, 0.15) is 106 Å². The summed E-state index contributed by atoms with van der Waals surface area (Å²) in [5, 5.41) is 4.14. The summed E-state index contributed by atoms with van der Waals surface area (Å²) < 4.78 is 7.39. The lowest BCUT2D eigenvalue weighted by Crippen LogP contribution is -2.28. The van der Waals surface area contributed by atoms with Crippen LogP contribution in [0.15, 0.2) is 41.2 Å². The van der Waals surface area contributed by atoms with Crippen LogP contribution in [0.4, 0.5) is 5.69 Å². The number of para-hydroxylation sites is 1. The molecule has 1 fully saturated rings. The second kappa shape index (κ2) is 9.96. The van der Waals surface area contributed by atoms with Gasteiger partial charge in [-0.1, -0.05) is 32.0 Å². The minimum atomic E-state index is -0.586. The Morgan fingerprint density at radius 1 is 1.16 bits per heavy atom. The van der Waals surface area contributed by atoms with Gasteiger partial charge in [0.15, 0.2) is 0 Å². The lowest BCUT2D eigenvalue weighted by atomic mass is 9.73. The molecule has 0 spiro atoms. The highest BCUT2D eigenvalue weighted by Gasteiger charge is 2.30. The first-order chi connectivity index (χ1) is 17.3. The standard InChI is InChI=1S/C31H41N3O3/c1-19-17-23(20(2)32-25-12-10-9-11-22(25)29(36)37-30(3,4)5)26-24(18-19)28(35)34(8)27(33-26)21-13-15-31(6,7)16-14-21/h9-12,17-18,20-21,32H,13-16H2,1-8H3. The number of hydrogen-bond donors (Lipinski definition) is 1. The van der Waals surface area contributed by atoms with Gasteiger partial charge in [0.05, 0.1) is 22.5 Å². The summed E-state index contributed by atoms with van der Waals surface area (Å²) in [6.07, 6.45) is 4.34. The molecule has 1 unspecified atom stereocenters. The Labute approximate surface area is 220 Å². The third-order valence-electron chi connectivity index (χ3n) is 7.48. The second-order valence-electron chi connectivity index (χ2n) is 12.4. The van der Waals surface area contributed by atoms with Crippen molar-refractivity contribution in [2.75, 3.05) is 5.32 Å². The molecule has 1 aliphatic rings. The lowest BCUT2D eigenvalue weighted by molar-refractivity contribution is 0.00706. The van der Waals surface area contributed by atoms with E-state index in [2.05, 4.69) is 25.2 Å². The van der Waals surface area contributed by atoms with Crippen LogP contribution in [0.5, 0.6) is 0 Å². The van der Waals surface area contributed by atoms with E-state index in [4.69, 9.17) is 9.72 Å². The summed E-state index contributed by atoms with van der Waals surface area (Å²) in [6, 6.07) is 11.2. The molecule has 3 aromatic rings. The zero-order valence-corrected chi connectivity index (χ0v) is 23.6. The van der Waals surface area contributed by atoms with Gasteiger partial charge in [-0.2, -0.15) is 0 Å². The molecule has 1 aromatic heterocycles. The van der Waals surface area contributed by atoms with Crippen molar-refractivity contribution in [3.05, 3.63) is 69.3 Å². The molecule has 6 nitrogen and oxygen atoms in total. The van der Waals surface area contributed by atoms with Crippen molar-refractivity contribution < 1.29 is 9.53 Å². The molecule has 198 valence electrons. The number of carbonyl (C=O) groups is 1. The highest BCUT2D eigenvalue weighted by Crippen LogP contribution is 2.42. The summed E-state index contributed by atoms with van der Waals surface area (Å²) in [6.45, 7) is 14.3. The molecule has 2 aromatic carbocycles. The first-order valence-corrected chi connectivity index (χ1v) is 13.4. The number of aromatic nitrogens is 2. The van der Waals surface area contributed by atoms with E-state index < -0.39 is 5.60 Å². The van der Waals surface area contributed by atoms with Crippen LogP contribution in [0, 0.1) is 12.3 Å². The number of benzene rings is 2. The topological polar surface area (TPSA) is 73.2 Å². The zero-order chi connectivity index (χ0) is 27.1. The van der Waals surface area contributed by atoms with Crippen LogP contribution in [0.3, 0.4) is 0 Å². The molecule has 1 saturated carbocycles. The molecule has 1 N–H and O–H groups in total. The van der Waals surface area contributed by atoms with Gasteiger partial charge in [0.1, 0.15) is 11.4 Å². The first-order valence-electron chi connectivity index (χ1n) is 13.4. The van der Waals surface area contributed by atoms with E-state index >= 15 is 0 Å². The molecular formula is C31H41N3O3. The van der Waals surface area contributed by atoms with Crippen molar-refractivity contribution in [1.82, 2.24) is 9.55 Å². The van der Waals surface area contributed by atoms with E-state index in [1.165, 1.54) is 0 Å². The van der Waals surface area contributed by atoms with Gasteiger partial charge in [0.2, 0.25) is 0 Å². The maximum absolute atomic E-state index is 13.5. The van der Waals surface area contributed by atoms with E-state index in [0.717, 1.165) is 48.2 Å². The van der Waals surface area contributed by atoms with Gasteiger partial charge in [-0.15, -0.1) is 0 Å². The Kier molecular flexibility index (Phi) is 7.24. The number of fused-ring (bicyclic) bond motifs is 1. The number of ether oxygens (including phenoxy) is 1. The SMILES string of the molecule is Cc1cc(C(C)Nc2ccccc2C(=O)OC(C)(C)C)c2nc(C3CCC(C)(C)CC3)n(C)c(=O)c2c1. The van der Waals surface area contributed by atoms with Gasteiger partial charge in [0, 0.05) is 24.2 Å². The van der Waals surface area contributed by atoms with Crippen LogP contribution in [-0.4, -0.2) is 21.1 Å². The van der Waals surface area contributed by atoms with E-state index in [1.807, 2.05) is 65.9 Å². The van der Waals surface area contributed by atoms with E-state index in [1.54, 1.807) is 10.6 Å². The first kappa shape index (κ1) is 26.9. The molecule has 0 bridgehead atoms. The Bertz CT molecular complexity index is 1370. The van der Waals surface area contributed by atoms with Crippen LogP contribution in [-0.2, 0) is 11.8 Å². The van der Waals surface area contributed by atoms with Crippen LogP contribution >= 0.6 is 0 Å². The average Bonchev–Trinajstić information content (AvgIpc) is 2.80. The zero-order valence-electron chi connectivity index (χ0n) is 23.6. The molecule has 0 saturated heterocycles. The monoisotopic (exact) mass is 503 g/mol. The fourth-order valence-corrected chi connectivity index (χ4v) is 5.35. The number of carbonyl (C=O) groups excluding carboxylic acids is 1. The molecule has 1 heterocycles. The summed E-state index contributed by atoms with van der Waals surface area (Å²) in [5.41, 5.74) is 3.62. The smallest absolute Gasteiger partial charge is 0.340 e. The fraction of sp³-hybridized carbons (Fsp3) is 0.516. The molecular weight excluding hydrogens is 462 g/mol. The molecule has 1 aliphatic carbocycles. The van der Waals surface area contributed by atoms with Crippen LogP contribution in [0.2, 0.25) is 0 Å². The number of esters is 1. The third-order valence-corrected chi connectivity index (χ3v) is 7.48. The van der Waals surface area contributed by atoms with Crippen molar-refractivity contribution >= 4 is 22.6 Å². The van der Waals surface area contributed by atoms with Gasteiger partial charge < -0.3 is 10.1 Å². The predicted molar refractivity (Wildman–Crippen MR) is 150 cm³/mol. The predicted octanol–water partition coefficient (Wildman–Crippen LogP) is 7.05. The van der Waals surface area contributed by atoms with Gasteiger partial charge in [0.25, 0.3) is 5.56 Å². The van der Waals surface area contributed by atoms with Crippen LogP contribution in [0.25, 0.3) is 10.9 Å². The average molecular weight is 504 g/mol. The van der Waals surface area contributed by atoms with Crippen molar-refractivity contribution in [3.8, 4) is 0 Å². The number of rotatable bonds is 5. The quantitative estimate of drug-likeness (QED) is 0.378. The van der Waals surface area contributed by atoms with Crippen molar-refractivity contribution in [2.24, 2.45) is 12.5 Å². The molecule has 4 rings (SSSR count). The second-order valence-corrected chi connectivity index (χ2v) is 12.4. The van der Waals surface area contributed by atoms with E-state index in [0.29, 0.717) is 22.1 Å². The number of aryl methyl sites for hydroxylation is 1. The van der Waals surface area contributed by atoms with Crippen molar-refractivity contribution in [2.45, 2.75) is 91.7 Å². The molecule has 0 amide bonds. The van der Waals surface area contributed by atoms with Gasteiger partial charge in [-0.3, -0.25) is 9.36 Å². The maximum atomic E-state index is 13.5. The van der Waals surface area contributed by atoms with Gasteiger partial charge in [-0.05, 0) is 89.5 Å². The summed E-state index contributed by atoms with van der Waals surface area (Å²) in [4.78, 5) is 31.6. The molecule has 0 aliphatic heterocycles. The van der Waals surface area contributed by atoms with Crippen molar-refractivity contribution in [1.29, 1.82) is 0 Å². The summed E-state index contributed by atoms with van der Waals surface area (Å²) in [5.74, 6) is 0.784. The largest absolute Gasteiger partial charge is 0.456 e. The molecule has 37 heavy (non-hydrogen) atoms. The molecule has 6 heteroatoms. The van der Waals surface area contributed by atoms with E-state index in [-0.39, 0.29) is 23.5 Å². The number of nitrogens with zero attached hydrogens (tertiary/aromatic N) is 2. The third kappa shape index (κ3) is 5.89. The minimum Gasteiger partial charge on any atom is -0.456 e. The molecule has 1 atom stereocenters. The minimum absolute atomic E-state index is 0.00358. The highest BCUT2D eigenvalue weighted by atomic mass is 16.6. The Balaban J connectivity index is 1.74. The van der Waals surface area contributed by atoms with Crippen molar-refractivity contribution in [3.63, 3.8) is 0 Å². The Morgan fingerprint density at radius 2 is 1.81 bits per heavy atom. The fourth-order valence-electron chi connectivity index (χ4n) is 5.35. The Hall–Kier alpha value is -3.15. The Morgan fingerprint density at radius 3 is 2.46 bits per heavy atom. The van der Waals surface area contributed by atoms with Gasteiger partial charge in [-0.25, -0.2) is 9.78 Å². The number of nitrogens with one attached hydrogen (secondary N) is 1. The normalized spacial score (nSPS) is 17.0. The lowest BCUT2D eigenvalue weighted by Gasteiger charge is -2.34. The maximum Gasteiger partial charge on any atom is 0.340 e. The van der Waals surface area contributed by atoms with Crippen LogP contribution < -0.4 is 10.9 Å². The summed E-state index contributed by atoms with van der Waals surface area (Å²) >= 11 is 0. The summed E-state index contributed by atoms with van der Waals surface area (Å²) in [7, 11) is 1.85. The highest BCUT2D eigenvalue weighted by molar-refractivity contribution is 5.96.